The summed E-state index contributed by atoms with van der Waals surface area (Å²) in [6.07, 6.45) is 1.90. The molecule has 50 heavy (non-hydrogen) atoms. The predicted molar refractivity (Wildman–Crippen MR) is 192 cm³/mol. The molecule has 0 aliphatic carbocycles. The summed E-state index contributed by atoms with van der Waals surface area (Å²) in [6, 6.07) is 22.9. The lowest BCUT2D eigenvalue weighted by Crippen LogP contribution is -2.49. The zero-order chi connectivity index (χ0) is 35.4. The van der Waals surface area contributed by atoms with Crippen LogP contribution >= 0.6 is 11.6 Å². The van der Waals surface area contributed by atoms with E-state index in [1.165, 1.54) is 7.11 Å². The van der Waals surface area contributed by atoms with Crippen molar-refractivity contribution >= 4 is 40.6 Å². The van der Waals surface area contributed by atoms with E-state index in [-0.39, 0.29) is 17.4 Å². The number of halogens is 1. The first-order valence-corrected chi connectivity index (χ1v) is 17.4. The molecule has 0 saturated heterocycles. The fraction of sp³-hybridized carbons (Fsp3) is 0.350. The molecule has 260 valence electrons. The zero-order valence-corrected chi connectivity index (χ0v) is 29.9. The number of nitrogens with zero attached hydrogens (tertiary/aromatic N) is 2. The number of carbonyl (C=O) groups excluding carboxylic acids is 2. The zero-order valence-electron chi connectivity index (χ0n) is 29.2. The molecule has 2 atom stereocenters. The number of hydrogen-bond acceptors (Lipinski definition) is 9. The van der Waals surface area contributed by atoms with Gasteiger partial charge in [0.15, 0.2) is 11.4 Å². The van der Waals surface area contributed by atoms with Crippen LogP contribution in [-0.4, -0.2) is 44.8 Å². The van der Waals surface area contributed by atoms with Crippen LogP contribution < -0.4 is 19.4 Å². The van der Waals surface area contributed by atoms with Crippen LogP contribution in [-0.2, 0) is 24.8 Å². The van der Waals surface area contributed by atoms with Crippen molar-refractivity contribution < 1.29 is 33.6 Å². The second-order valence-corrected chi connectivity index (χ2v) is 14.1. The van der Waals surface area contributed by atoms with Crippen LogP contribution in [0, 0.1) is 0 Å². The Labute approximate surface area is 297 Å². The summed E-state index contributed by atoms with van der Waals surface area (Å²) in [5, 5.41) is 0.469. The minimum absolute atomic E-state index is 0.181. The summed E-state index contributed by atoms with van der Waals surface area (Å²) in [7, 11) is 3.38. The Morgan fingerprint density at radius 3 is 2.48 bits per heavy atom. The molecule has 3 aliphatic rings. The highest BCUT2D eigenvalue weighted by atomic mass is 35.5. The van der Waals surface area contributed by atoms with Gasteiger partial charge in [0, 0.05) is 65.8 Å². The number of rotatable bonds is 9. The van der Waals surface area contributed by atoms with Crippen molar-refractivity contribution in [2.24, 2.45) is 0 Å². The van der Waals surface area contributed by atoms with Crippen LogP contribution in [0.4, 0.5) is 17.1 Å². The molecule has 1 spiro atoms. The first-order chi connectivity index (χ1) is 24.0. The smallest absolute Gasteiger partial charge is 0.340 e. The van der Waals surface area contributed by atoms with Gasteiger partial charge in [-0.2, -0.15) is 4.89 Å². The molecule has 10 heteroatoms. The van der Waals surface area contributed by atoms with Crippen LogP contribution in [0.2, 0.25) is 5.02 Å². The van der Waals surface area contributed by atoms with Gasteiger partial charge in [0.05, 0.1) is 30.0 Å². The molecular formula is C40H41ClN2O7. The molecule has 9 nitrogen and oxygen atoms in total. The van der Waals surface area contributed by atoms with Crippen molar-refractivity contribution in [3.05, 3.63) is 106 Å². The van der Waals surface area contributed by atoms with Gasteiger partial charge in [0.1, 0.15) is 11.5 Å². The second-order valence-electron chi connectivity index (χ2n) is 13.7. The van der Waals surface area contributed by atoms with Gasteiger partial charge in [0.25, 0.3) is 0 Å². The Hall–Kier alpha value is -4.73. The first-order valence-electron chi connectivity index (χ1n) is 17.0. The van der Waals surface area contributed by atoms with Gasteiger partial charge in [-0.25, -0.2) is 4.79 Å². The monoisotopic (exact) mass is 696 g/mol. The third-order valence-electron chi connectivity index (χ3n) is 10.1. The number of fused-ring (bicyclic) bond motifs is 7. The van der Waals surface area contributed by atoms with E-state index in [2.05, 4.69) is 37.8 Å². The van der Waals surface area contributed by atoms with Crippen LogP contribution in [0.5, 0.6) is 17.2 Å². The lowest BCUT2D eigenvalue weighted by Gasteiger charge is -2.48. The normalized spacial score (nSPS) is 19.5. The average molecular weight is 697 g/mol. The number of esters is 2. The molecule has 0 amide bonds. The van der Waals surface area contributed by atoms with Crippen molar-refractivity contribution in [2.75, 3.05) is 37.1 Å². The maximum absolute atomic E-state index is 13.6. The quantitative estimate of drug-likeness (QED) is 0.0966. The highest BCUT2D eigenvalue weighted by Crippen LogP contribution is 2.60. The van der Waals surface area contributed by atoms with Crippen molar-refractivity contribution in [1.29, 1.82) is 0 Å². The Kier molecular flexibility index (Phi) is 8.68. The summed E-state index contributed by atoms with van der Waals surface area (Å²) in [6.45, 7) is 9.56. The van der Waals surface area contributed by atoms with Crippen LogP contribution in [0.3, 0.4) is 0 Å². The van der Waals surface area contributed by atoms with Crippen molar-refractivity contribution in [2.45, 2.75) is 64.0 Å². The Morgan fingerprint density at radius 2 is 1.74 bits per heavy atom. The summed E-state index contributed by atoms with van der Waals surface area (Å²) < 4.78 is 18.5. The molecule has 0 saturated carbocycles. The molecule has 4 aromatic carbocycles. The third kappa shape index (κ3) is 5.53. The number of benzene rings is 4. The molecule has 0 bridgehead atoms. The average Bonchev–Trinajstić information content (AvgIpc) is 3.38. The van der Waals surface area contributed by atoms with Gasteiger partial charge in [-0.05, 0) is 87.6 Å². The molecule has 3 aliphatic heterocycles. The van der Waals surface area contributed by atoms with Gasteiger partial charge in [-0.3, -0.25) is 4.79 Å². The predicted octanol–water partition coefficient (Wildman–Crippen LogP) is 9.05. The topological polar surface area (TPSA) is 86.8 Å². The highest BCUT2D eigenvalue weighted by molar-refractivity contribution is 6.33. The molecule has 3 heterocycles. The second kappa shape index (κ2) is 12.9. The Balaban J connectivity index is 1.37. The van der Waals surface area contributed by atoms with Gasteiger partial charge < -0.3 is 28.9 Å². The summed E-state index contributed by atoms with van der Waals surface area (Å²) >= 11 is 7.10. The van der Waals surface area contributed by atoms with Crippen molar-refractivity contribution in [3.63, 3.8) is 0 Å². The lowest BCUT2D eigenvalue weighted by atomic mass is 9.74. The number of ether oxygens (including phenoxy) is 3. The van der Waals surface area contributed by atoms with Gasteiger partial charge >= 0.3 is 11.9 Å². The summed E-state index contributed by atoms with van der Waals surface area (Å²) in [4.78, 5) is 40.1. The summed E-state index contributed by atoms with van der Waals surface area (Å²) in [5.41, 5.74) is 4.96. The first kappa shape index (κ1) is 33.8. The standard InChI is InChI=1S/C40H41ClN2O7/c1-7-47-37(44)13-10-18-43-33-21-35-30(19-28(33)24(2)23-39(43,3)4)40(29-12-9-8-11-27(29)38(45)49-40)31-20-32(41)34(22-36(31)48-35)42(5)25-14-16-26(17-15-25)50-46-6/h8-9,11-12,14-17,19-22,24H,7,10,13,18,23H2,1-6H3. The highest BCUT2D eigenvalue weighted by Gasteiger charge is 2.54. The van der Waals surface area contributed by atoms with E-state index < -0.39 is 11.6 Å². The molecule has 0 fully saturated rings. The number of anilines is 3. The van der Waals surface area contributed by atoms with E-state index in [0.717, 1.165) is 34.5 Å². The van der Waals surface area contributed by atoms with Gasteiger partial charge in [-0.15, -0.1) is 0 Å². The minimum Gasteiger partial charge on any atom is -0.466 e. The molecule has 7 rings (SSSR count). The Morgan fingerprint density at radius 1 is 1.02 bits per heavy atom. The van der Waals surface area contributed by atoms with E-state index in [1.54, 1.807) is 6.07 Å². The molecular weight excluding hydrogens is 656 g/mol. The van der Waals surface area contributed by atoms with Crippen LogP contribution in [0.15, 0.2) is 72.8 Å². The van der Waals surface area contributed by atoms with Gasteiger partial charge in [0.2, 0.25) is 0 Å². The maximum atomic E-state index is 13.6. The lowest BCUT2D eigenvalue weighted by molar-refractivity contribution is -0.178. The molecule has 0 radical (unpaired) electrons. The minimum atomic E-state index is -1.27. The summed E-state index contributed by atoms with van der Waals surface area (Å²) in [5.74, 6) is 1.31. The van der Waals surface area contributed by atoms with Crippen LogP contribution in [0.1, 0.15) is 85.5 Å². The molecule has 2 unspecified atom stereocenters. The van der Waals surface area contributed by atoms with Crippen LogP contribution in [0.25, 0.3) is 0 Å². The SMILES string of the molecule is CCOC(=O)CCCN1c2cc3c(cc2C(C)CC1(C)C)C1(OC(=O)c2ccccc21)c1cc(Cl)c(N(C)c2ccc(OOC)cc2)cc1O3. The van der Waals surface area contributed by atoms with E-state index in [4.69, 9.17) is 35.6 Å². The van der Waals surface area contributed by atoms with E-state index in [0.29, 0.717) is 65.1 Å². The van der Waals surface area contributed by atoms with Gasteiger partial charge in [-0.1, -0.05) is 36.7 Å². The fourth-order valence-corrected chi connectivity index (χ4v) is 8.20. The Bertz CT molecular complexity index is 1980. The maximum Gasteiger partial charge on any atom is 0.340 e. The molecule has 0 aromatic heterocycles. The van der Waals surface area contributed by atoms with E-state index >= 15 is 0 Å². The van der Waals surface area contributed by atoms with E-state index in [9.17, 15) is 9.59 Å². The van der Waals surface area contributed by atoms with Crippen molar-refractivity contribution in [3.8, 4) is 17.2 Å². The third-order valence-corrected chi connectivity index (χ3v) is 10.4. The van der Waals surface area contributed by atoms with E-state index in [1.807, 2.05) is 73.5 Å². The number of carbonyl (C=O) groups is 2. The largest absolute Gasteiger partial charge is 0.466 e. The fourth-order valence-electron chi connectivity index (χ4n) is 7.91. The number of hydrogen-bond donors (Lipinski definition) is 0. The molecule has 4 aromatic rings. The molecule has 0 N–H and O–H groups in total. The van der Waals surface area contributed by atoms with Crippen molar-refractivity contribution in [1.82, 2.24) is 0 Å².